The first-order chi connectivity index (χ1) is 8.09. The summed E-state index contributed by atoms with van der Waals surface area (Å²) >= 11 is 0. The fourth-order valence-corrected chi connectivity index (χ4v) is 3.51. The van der Waals surface area contributed by atoms with Crippen LogP contribution in [0.15, 0.2) is 12.2 Å². The molecular weight excluding hydrogens is 224 g/mol. The molecule has 2 aliphatic carbocycles. The maximum absolute atomic E-state index is 12.5. The zero-order chi connectivity index (χ0) is 13.8. The van der Waals surface area contributed by atoms with Gasteiger partial charge in [0, 0.05) is 5.54 Å². The Morgan fingerprint density at radius 2 is 2.00 bits per heavy atom. The smallest absolute Gasteiger partial charge is 0.244 e. The second-order valence-electron chi connectivity index (χ2n) is 7.55. The first-order valence-electron chi connectivity index (χ1n) is 6.87. The van der Waals surface area contributed by atoms with E-state index in [0.29, 0.717) is 5.92 Å². The molecule has 3 nitrogen and oxygen atoms in total. The number of hydrazine groups is 1. The van der Waals surface area contributed by atoms with Gasteiger partial charge in [0.05, 0.1) is 5.41 Å². The van der Waals surface area contributed by atoms with Gasteiger partial charge in [-0.25, -0.2) is 5.43 Å². The van der Waals surface area contributed by atoms with Crippen molar-refractivity contribution >= 4 is 5.91 Å². The summed E-state index contributed by atoms with van der Waals surface area (Å²) in [6, 6.07) is 0. The number of nitrogens with one attached hydrogen (secondary N) is 2. The molecule has 2 unspecified atom stereocenters. The molecule has 0 aromatic carbocycles. The lowest BCUT2D eigenvalue weighted by Gasteiger charge is -2.37. The number of amides is 1. The molecule has 3 heteroatoms. The van der Waals surface area contributed by atoms with Crippen LogP contribution in [0.1, 0.15) is 53.9 Å². The molecule has 0 heterocycles. The Morgan fingerprint density at radius 3 is 2.44 bits per heavy atom. The molecular formula is C15H26N2O. The van der Waals surface area contributed by atoms with E-state index in [-0.39, 0.29) is 22.3 Å². The summed E-state index contributed by atoms with van der Waals surface area (Å²) in [5.74, 6) is 0.723. The Bertz CT molecular complexity index is 392. The minimum absolute atomic E-state index is 0.107. The third-order valence-electron chi connectivity index (χ3n) is 4.88. The van der Waals surface area contributed by atoms with Gasteiger partial charge in [-0.2, -0.15) is 0 Å². The first kappa shape index (κ1) is 13.6. The summed E-state index contributed by atoms with van der Waals surface area (Å²) in [6.07, 6.45) is 3.07. The highest BCUT2D eigenvalue weighted by atomic mass is 16.2. The van der Waals surface area contributed by atoms with Crippen molar-refractivity contribution in [2.45, 2.75) is 59.4 Å². The highest BCUT2D eigenvalue weighted by Gasteiger charge is 2.60. The van der Waals surface area contributed by atoms with Crippen LogP contribution in [0, 0.1) is 16.7 Å². The van der Waals surface area contributed by atoms with E-state index in [1.54, 1.807) is 0 Å². The first-order valence-corrected chi connectivity index (χ1v) is 6.87. The zero-order valence-corrected chi connectivity index (χ0v) is 12.3. The van der Waals surface area contributed by atoms with E-state index < -0.39 is 0 Å². The lowest BCUT2D eigenvalue weighted by Crippen LogP contribution is -2.53. The van der Waals surface area contributed by atoms with Gasteiger partial charge in [0.15, 0.2) is 0 Å². The average Bonchev–Trinajstić information content (AvgIpc) is 2.75. The van der Waals surface area contributed by atoms with Crippen molar-refractivity contribution in [1.82, 2.24) is 10.9 Å². The third kappa shape index (κ3) is 1.89. The Morgan fingerprint density at radius 1 is 1.39 bits per heavy atom. The van der Waals surface area contributed by atoms with E-state index in [4.69, 9.17) is 0 Å². The molecule has 2 saturated carbocycles. The standard InChI is InChI=1S/C15H26N2O/c1-10-14(5,6)11-7-8-15(10,9-11)12(18)16-17-13(2,3)4/h11,17H,1,7-9H2,2-6H3,(H,16,18). The van der Waals surface area contributed by atoms with Gasteiger partial charge in [-0.3, -0.25) is 10.2 Å². The lowest BCUT2D eigenvalue weighted by molar-refractivity contribution is -0.130. The molecule has 0 saturated heterocycles. The Hall–Kier alpha value is -0.830. The van der Waals surface area contributed by atoms with E-state index in [2.05, 4.69) is 31.3 Å². The van der Waals surface area contributed by atoms with Gasteiger partial charge in [-0.1, -0.05) is 26.0 Å². The Balaban J connectivity index is 2.14. The molecule has 0 aliphatic heterocycles. The predicted octanol–water partition coefficient (Wildman–Crippen LogP) is 2.79. The number of hydrogen-bond acceptors (Lipinski definition) is 2. The van der Waals surface area contributed by atoms with Crippen molar-refractivity contribution in [3.63, 3.8) is 0 Å². The molecule has 0 aromatic rings. The highest BCUT2D eigenvalue weighted by molar-refractivity contribution is 5.87. The molecule has 1 amide bonds. The van der Waals surface area contributed by atoms with Crippen molar-refractivity contribution in [2.24, 2.45) is 16.7 Å². The van der Waals surface area contributed by atoms with Gasteiger partial charge in [-0.15, -0.1) is 0 Å². The number of fused-ring (bicyclic) bond motifs is 2. The minimum Gasteiger partial charge on any atom is -0.290 e. The van der Waals surface area contributed by atoms with Gasteiger partial charge >= 0.3 is 0 Å². The van der Waals surface area contributed by atoms with Crippen LogP contribution in [-0.4, -0.2) is 11.4 Å². The maximum atomic E-state index is 12.5. The summed E-state index contributed by atoms with van der Waals surface area (Å²) < 4.78 is 0. The van der Waals surface area contributed by atoms with Crippen molar-refractivity contribution in [2.75, 3.05) is 0 Å². The van der Waals surface area contributed by atoms with E-state index >= 15 is 0 Å². The molecule has 18 heavy (non-hydrogen) atoms. The molecule has 2 N–H and O–H groups in total. The maximum Gasteiger partial charge on any atom is 0.244 e. The topological polar surface area (TPSA) is 41.1 Å². The zero-order valence-electron chi connectivity index (χ0n) is 12.3. The Labute approximate surface area is 110 Å². The molecule has 2 rings (SSSR count). The lowest BCUT2D eigenvalue weighted by atomic mass is 9.68. The van der Waals surface area contributed by atoms with Crippen LogP contribution in [0.25, 0.3) is 0 Å². The normalized spacial score (nSPS) is 33.8. The molecule has 2 bridgehead atoms. The van der Waals surface area contributed by atoms with Crippen LogP contribution in [-0.2, 0) is 4.79 Å². The quantitative estimate of drug-likeness (QED) is 0.584. The van der Waals surface area contributed by atoms with Gasteiger partial charge < -0.3 is 0 Å². The fourth-order valence-electron chi connectivity index (χ4n) is 3.51. The van der Waals surface area contributed by atoms with Crippen LogP contribution < -0.4 is 10.9 Å². The number of rotatable bonds is 2. The summed E-state index contributed by atoms with van der Waals surface area (Å²) in [5, 5.41) is 0. The van der Waals surface area contributed by atoms with E-state index in [1.165, 1.54) is 0 Å². The van der Waals surface area contributed by atoms with Crippen molar-refractivity contribution in [3.8, 4) is 0 Å². The van der Waals surface area contributed by atoms with E-state index in [1.807, 2.05) is 20.8 Å². The summed E-state index contributed by atoms with van der Waals surface area (Å²) in [7, 11) is 0. The molecule has 2 atom stereocenters. The predicted molar refractivity (Wildman–Crippen MR) is 73.7 cm³/mol. The number of carbonyl (C=O) groups excluding carboxylic acids is 1. The largest absolute Gasteiger partial charge is 0.290 e. The minimum atomic E-state index is -0.327. The van der Waals surface area contributed by atoms with Crippen molar-refractivity contribution in [1.29, 1.82) is 0 Å². The average molecular weight is 250 g/mol. The van der Waals surface area contributed by atoms with Gasteiger partial charge in [0.1, 0.15) is 0 Å². The van der Waals surface area contributed by atoms with Gasteiger partial charge in [0.25, 0.3) is 0 Å². The highest BCUT2D eigenvalue weighted by Crippen LogP contribution is 2.65. The number of carbonyl (C=O) groups is 1. The molecule has 0 spiro atoms. The summed E-state index contributed by atoms with van der Waals surface area (Å²) in [6.45, 7) is 14.8. The SMILES string of the molecule is C=C1C2(C(=O)NNC(C)(C)C)CCC(C2)C1(C)C. The van der Waals surface area contributed by atoms with E-state index in [9.17, 15) is 4.79 Å². The number of hydrogen-bond donors (Lipinski definition) is 2. The second-order valence-corrected chi connectivity index (χ2v) is 7.55. The van der Waals surface area contributed by atoms with Crippen LogP contribution in [0.3, 0.4) is 0 Å². The van der Waals surface area contributed by atoms with E-state index in [0.717, 1.165) is 24.8 Å². The molecule has 2 fully saturated rings. The molecule has 2 aliphatic rings. The monoisotopic (exact) mass is 250 g/mol. The van der Waals surface area contributed by atoms with Gasteiger partial charge in [0.2, 0.25) is 5.91 Å². The second kappa shape index (κ2) is 3.83. The van der Waals surface area contributed by atoms with Crippen molar-refractivity contribution < 1.29 is 4.79 Å². The Kier molecular flexibility index (Phi) is 2.89. The third-order valence-corrected chi connectivity index (χ3v) is 4.88. The van der Waals surface area contributed by atoms with Crippen LogP contribution in [0.2, 0.25) is 0 Å². The van der Waals surface area contributed by atoms with Crippen LogP contribution in [0.5, 0.6) is 0 Å². The fraction of sp³-hybridized carbons (Fsp3) is 0.800. The van der Waals surface area contributed by atoms with Crippen molar-refractivity contribution in [3.05, 3.63) is 12.2 Å². The summed E-state index contributed by atoms with van der Waals surface area (Å²) in [5.41, 5.74) is 6.78. The van der Waals surface area contributed by atoms with Crippen LogP contribution >= 0.6 is 0 Å². The molecule has 0 aromatic heterocycles. The molecule has 0 radical (unpaired) electrons. The summed E-state index contributed by atoms with van der Waals surface area (Å²) in [4.78, 5) is 12.5. The van der Waals surface area contributed by atoms with Crippen LogP contribution in [0.4, 0.5) is 0 Å². The van der Waals surface area contributed by atoms with Gasteiger partial charge in [-0.05, 0) is 51.4 Å². The molecule has 102 valence electrons.